The Morgan fingerprint density at radius 2 is 1.79 bits per heavy atom. The van der Waals surface area contributed by atoms with E-state index >= 15 is 0 Å². The van der Waals surface area contributed by atoms with Gasteiger partial charge in [-0.15, -0.1) is 0 Å². The molecule has 2 aliphatic heterocycles. The third-order valence-corrected chi connectivity index (χ3v) is 9.84. The fraction of sp³-hybridized carbons (Fsp3) is 0.696. The summed E-state index contributed by atoms with van der Waals surface area (Å²) < 4.78 is 39.8. The molecule has 10 heteroatoms. The van der Waals surface area contributed by atoms with E-state index in [2.05, 4.69) is 19.0 Å². The maximum atomic E-state index is 13.6. The molecule has 0 aromatic heterocycles. The highest BCUT2D eigenvalue weighted by atomic mass is 32.2. The summed E-state index contributed by atoms with van der Waals surface area (Å²) in [5.41, 5.74) is 1.34. The van der Waals surface area contributed by atoms with Gasteiger partial charge in [0.15, 0.2) is 0 Å². The van der Waals surface area contributed by atoms with Crippen LogP contribution in [0.2, 0.25) is 0 Å². The van der Waals surface area contributed by atoms with E-state index in [-0.39, 0.29) is 25.2 Å². The van der Waals surface area contributed by atoms with Crippen molar-refractivity contribution in [3.8, 4) is 5.75 Å². The Bertz CT molecular complexity index is 907. The van der Waals surface area contributed by atoms with Gasteiger partial charge in [0.05, 0.1) is 24.7 Å². The van der Waals surface area contributed by atoms with Gasteiger partial charge >= 0.3 is 0 Å². The SMILES string of the molecule is COc1cc(C)c(S(=O)(=O)N2CCSCC2COCC(=O)N2CCC(N(C)C)CC2)c(C)c1. The number of methoxy groups -OCH3 is 1. The summed E-state index contributed by atoms with van der Waals surface area (Å²) in [6, 6.07) is 3.71. The lowest BCUT2D eigenvalue weighted by atomic mass is 10.0. The molecule has 2 heterocycles. The summed E-state index contributed by atoms with van der Waals surface area (Å²) in [4.78, 5) is 17.0. The Hall–Kier alpha value is -1.33. The molecule has 0 aliphatic carbocycles. The summed E-state index contributed by atoms with van der Waals surface area (Å²) in [5.74, 6) is 2.01. The second kappa shape index (κ2) is 11.4. The van der Waals surface area contributed by atoms with Gasteiger partial charge in [-0.3, -0.25) is 4.79 Å². The lowest BCUT2D eigenvalue weighted by molar-refractivity contribution is -0.138. The molecule has 2 aliphatic rings. The van der Waals surface area contributed by atoms with Crippen molar-refractivity contribution in [2.75, 3.05) is 65.6 Å². The summed E-state index contributed by atoms with van der Waals surface area (Å²) in [5, 5.41) is 0. The highest BCUT2D eigenvalue weighted by Gasteiger charge is 2.36. The third-order valence-electron chi connectivity index (χ3n) is 6.49. The smallest absolute Gasteiger partial charge is 0.248 e. The number of likely N-dealkylation sites (tertiary alicyclic amines) is 1. The van der Waals surface area contributed by atoms with E-state index in [1.807, 2.05) is 4.90 Å². The number of thioether (sulfide) groups is 1. The van der Waals surface area contributed by atoms with Gasteiger partial charge in [0.25, 0.3) is 0 Å². The second-order valence-corrected chi connectivity index (χ2v) is 12.0. The Morgan fingerprint density at radius 1 is 1.15 bits per heavy atom. The van der Waals surface area contributed by atoms with E-state index < -0.39 is 10.0 Å². The molecule has 1 atom stereocenters. The number of amides is 1. The van der Waals surface area contributed by atoms with Crippen molar-refractivity contribution in [1.82, 2.24) is 14.1 Å². The van der Waals surface area contributed by atoms with Crippen LogP contribution in [0.4, 0.5) is 0 Å². The molecule has 186 valence electrons. The minimum Gasteiger partial charge on any atom is -0.497 e. The van der Waals surface area contributed by atoms with Crippen molar-refractivity contribution < 1.29 is 22.7 Å². The first kappa shape index (κ1) is 26.3. The Morgan fingerprint density at radius 3 is 2.36 bits per heavy atom. The zero-order valence-electron chi connectivity index (χ0n) is 20.4. The lowest BCUT2D eigenvalue weighted by Gasteiger charge is -2.36. The van der Waals surface area contributed by atoms with E-state index in [0.717, 1.165) is 31.7 Å². The van der Waals surface area contributed by atoms with Crippen molar-refractivity contribution in [1.29, 1.82) is 0 Å². The topological polar surface area (TPSA) is 79.4 Å². The number of ether oxygens (including phenoxy) is 2. The minimum absolute atomic E-state index is 0.0116. The first-order valence-corrected chi connectivity index (χ1v) is 14.0. The van der Waals surface area contributed by atoms with Gasteiger partial charge in [0, 0.05) is 37.2 Å². The maximum Gasteiger partial charge on any atom is 0.248 e. The van der Waals surface area contributed by atoms with Crippen molar-refractivity contribution in [2.45, 2.75) is 43.7 Å². The molecule has 33 heavy (non-hydrogen) atoms. The van der Waals surface area contributed by atoms with Crippen LogP contribution in [0.1, 0.15) is 24.0 Å². The van der Waals surface area contributed by atoms with Crippen LogP contribution in [0.5, 0.6) is 5.75 Å². The molecule has 0 bridgehead atoms. The van der Waals surface area contributed by atoms with Crippen LogP contribution in [0.3, 0.4) is 0 Å². The Balaban J connectivity index is 1.62. The quantitative estimate of drug-likeness (QED) is 0.541. The van der Waals surface area contributed by atoms with Gasteiger partial charge in [0.1, 0.15) is 12.4 Å². The minimum atomic E-state index is -3.70. The molecular weight excluding hydrogens is 462 g/mol. The number of rotatable bonds is 8. The second-order valence-electron chi connectivity index (χ2n) is 9.03. The molecule has 0 spiro atoms. The number of hydrogen-bond acceptors (Lipinski definition) is 7. The summed E-state index contributed by atoms with van der Waals surface area (Å²) in [7, 11) is 2.02. The van der Waals surface area contributed by atoms with E-state index in [9.17, 15) is 13.2 Å². The van der Waals surface area contributed by atoms with Crippen LogP contribution in [-0.2, 0) is 19.6 Å². The first-order valence-electron chi connectivity index (χ1n) is 11.4. The molecule has 0 N–H and O–H groups in total. The van der Waals surface area contributed by atoms with Crippen molar-refractivity contribution in [3.63, 3.8) is 0 Å². The number of aryl methyl sites for hydroxylation is 2. The van der Waals surface area contributed by atoms with Crippen LogP contribution in [0.15, 0.2) is 17.0 Å². The van der Waals surface area contributed by atoms with Gasteiger partial charge in [-0.2, -0.15) is 16.1 Å². The normalized spacial score (nSPS) is 20.9. The number of sulfonamides is 1. The number of hydrogen-bond donors (Lipinski definition) is 0. The number of carbonyl (C=O) groups excluding carboxylic acids is 1. The average Bonchev–Trinajstić information content (AvgIpc) is 2.78. The molecule has 1 aromatic rings. The highest BCUT2D eigenvalue weighted by molar-refractivity contribution is 7.99. The number of piperidine rings is 1. The first-order chi connectivity index (χ1) is 15.6. The molecule has 8 nitrogen and oxygen atoms in total. The largest absolute Gasteiger partial charge is 0.497 e. The van der Waals surface area contributed by atoms with E-state index in [1.54, 1.807) is 49.2 Å². The molecule has 1 aromatic carbocycles. The molecule has 2 fully saturated rings. The van der Waals surface area contributed by atoms with E-state index in [4.69, 9.17) is 9.47 Å². The molecule has 1 unspecified atom stereocenters. The van der Waals surface area contributed by atoms with Crippen molar-refractivity contribution in [3.05, 3.63) is 23.3 Å². The standard InChI is InChI=1S/C23H37N3O5S2/c1-17-12-21(30-5)13-18(2)23(17)33(28,29)26-10-11-32-16-20(26)14-31-15-22(27)25-8-6-19(7-9-25)24(3)4/h12-13,19-20H,6-11,14-16H2,1-5H3. The molecule has 0 radical (unpaired) electrons. The zero-order chi connectivity index (χ0) is 24.2. The van der Waals surface area contributed by atoms with Gasteiger partial charge in [-0.05, 0) is 64.0 Å². The fourth-order valence-electron chi connectivity index (χ4n) is 4.65. The predicted molar refractivity (Wildman–Crippen MR) is 132 cm³/mol. The van der Waals surface area contributed by atoms with Crippen LogP contribution in [0, 0.1) is 13.8 Å². The summed E-state index contributed by atoms with van der Waals surface area (Å²) in [6.45, 7) is 5.69. The molecule has 0 saturated carbocycles. The number of benzene rings is 1. The average molecular weight is 500 g/mol. The third kappa shape index (κ3) is 6.22. The maximum absolute atomic E-state index is 13.6. The Kier molecular flexibility index (Phi) is 9.08. The van der Waals surface area contributed by atoms with E-state index in [0.29, 0.717) is 40.1 Å². The van der Waals surface area contributed by atoms with Crippen molar-refractivity contribution >= 4 is 27.7 Å². The predicted octanol–water partition coefficient (Wildman–Crippen LogP) is 1.99. The van der Waals surface area contributed by atoms with Crippen LogP contribution in [0.25, 0.3) is 0 Å². The lowest BCUT2D eigenvalue weighted by Crippen LogP contribution is -2.49. The molecular formula is C23H37N3O5S2. The molecule has 2 saturated heterocycles. The van der Waals surface area contributed by atoms with Crippen LogP contribution >= 0.6 is 11.8 Å². The molecule has 1 amide bonds. The van der Waals surface area contributed by atoms with Gasteiger partial charge in [-0.1, -0.05) is 0 Å². The fourth-order valence-corrected chi connectivity index (χ4v) is 7.92. The summed E-state index contributed by atoms with van der Waals surface area (Å²) in [6.07, 6.45) is 1.93. The number of nitrogens with zero attached hydrogens (tertiary/aromatic N) is 3. The summed E-state index contributed by atoms with van der Waals surface area (Å²) >= 11 is 1.72. The van der Waals surface area contributed by atoms with Gasteiger partial charge in [-0.25, -0.2) is 8.42 Å². The van der Waals surface area contributed by atoms with Gasteiger partial charge in [0.2, 0.25) is 15.9 Å². The molecule has 3 rings (SSSR count). The monoisotopic (exact) mass is 499 g/mol. The van der Waals surface area contributed by atoms with Gasteiger partial charge < -0.3 is 19.3 Å². The zero-order valence-corrected chi connectivity index (χ0v) is 22.0. The van der Waals surface area contributed by atoms with Crippen molar-refractivity contribution in [2.24, 2.45) is 0 Å². The van der Waals surface area contributed by atoms with Crippen LogP contribution in [-0.4, -0.2) is 106 Å². The highest BCUT2D eigenvalue weighted by Crippen LogP contribution is 2.31. The van der Waals surface area contributed by atoms with Crippen LogP contribution < -0.4 is 4.74 Å². The number of carbonyl (C=O) groups is 1. The van der Waals surface area contributed by atoms with E-state index in [1.165, 1.54) is 0 Å². The Labute approximate surface area is 202 Å².